The number of carbonyl (C=O) groups excluding carboxylic acids is 1. The zero-order valence-electron chi connectivity index (χ0n) is 7.25. The molecule has 0 aromatic heterocycles. The van der Waals surface area contributed by atoms with Crippen LogP contribution in [0.3, 0.4) is 0 Å². The fraction of sp³-hybridized carbons (Fsp3) is 0.500. The number of terminal acetylenes is 1. The smallest absolute Gasteiger partial charge is 0.149 e. The second-order valence-corrected chi connectivity index (χ2v) is 2.65. The van der Waals surface area contributed by atoms with E-state index < -0.39 is 0 Å². The summed E-state index contributed by atoms with van der Waals surface area (Å²) in [5.41, 5.74) is 5.54. The maximum Gasteiger partial charge on any atom is 0.149 e. The van der Waals surface area contributed by atoms with Gasteiger partial charge in [-0.25, -0.2) is 0 Å². The molecule has 0 spiro atoms. The van der Waals surface area contributed by atoms with Crippen LogP contribution in [0, 0.1) is 12.3 Å². The van der Waals surface area contributed by atoms with Crippen molar-refractivity contribution in [2.75, 3.05) is 0 Å². The van der Waals surface area contributed by atoms with Gasteiger partial charge in [-0.3, -0.25) is 4.79 Å². The van der Waals surface area contributed by atoms with Gasteiger partial charge < -0.3 is 5.73 Å². The predicted molar refractivity (Wildman–Crippen MR) is 50.5 cm³/mol. The highest BCUT2D eigenvalue weighted by atomic mass is 16.1. The molecule has 1 unspecified atom stereocenters. The van der Waals surface area contributed by atoms with Gasteiger partial charge in [0.1, 0.15) is 5.78 Å². The molecule has 0 aliphatic carbocycles. The molecule has 0 bridgehead atoms. The topological polar surface area (TPSA) is 43.1 Å². The predicted octanol–water partition coefficient (Wildman–Crippen LogP) is 1.26. The number of Topliss-reactive ketones (excluding diaryl/α,β-unsaturated/α-hetero) is 1. The quantitative estimate of drug-likeness (QED) is 0.366. The molecule has 0 saturated carbocycles. The first-order valence-electron chi connectivity index (χ1n) is 4.05. The number of unbranched alkanes of at least 4 members (excludes halogenated alkanes) is 1. The van der Waals surface area contributed by atoms with Gasteiger partial charge in [0, 0.05) is 12.8 Å². The van der Waals surface area contributed by atoms with E-state index >= 15 is 0 Å². The number of hydrogen-bond acceptors (Lipinski definition) is 2. The van der Waals surface area contributed by atoms with E-state index in [-0.39, 0.29) is 11.8 Å². The van der Waals surface area contributed by atoms with E-state index in [1.165, 1.54) is 0 Å². The van der Waals surface area contributed by atoms with Crippen molar-refractivity contribution in [3.8, 4) is 12.3 Å². The van der Waals surface area contributed by atoms with Crippen LogP contribution in [0.15, 0.2) is 12.7 Å². The Morgan fingerprint density at radius 2 is 2.42 bits per heavy atom. The Morgan fingerprint density at radius 3 is 2.92 bits per heavy atom. The van der Waals surface area contributed by atoms with Gasteiger partial charge in [-0.15, -0.1) is 18.9 Å². The lowest BCUT2D eigenvalue weighted by molar-refractivity contribution is -0.120. The van der Waals surface area contributed by atoms with Crippen molar-refractivity contribution in [1.29, 1.82) is 0 Å². The second kappa shape index (κ2) is 6.63. The Bertz CT molecular complexity index is 191. The average molecular weight is 165 g/mol. The SMILES string of the molecule is C#CCCCC(=O)C(N)CC=C. The van der Waals surface area contributed by atoms with Crippen LogP contribution < -0.4 is 5.73 Å². The molecule has 2 nitrogen and oxygen atoms in total. The number of hydrogen-bond donors (Lipinski definition) is 1. The minimum atomic E-state index is -0.389. The highest BCUT2D eigenvalue weighted by Gasteiger charge is 2.09. The maximum absolute atomic E-state index is 11.2. The molecule has 12 heavy (non-hydrogen) atoms. The van der Waals surface area contributed by atoms with Gasteiger partial charge in [0.2, 0.25) is 0 Å². The second-order valence-electron chi connectivity index (χ2n) is 2.65. The number of ketones is 1. The zero-order valence-corrected chi connectivity index (χ0v) is 7.25. The number of nitrogens with two attached hydrogens (primary N) is 1. The van der Waals surface area contributed by atoms with Crippen LogP contribution in [0.4, 0.5) is 0 Å². The summed E-state index contributed by atoms with van der Waals surface area (Å²) in [5, 5.41) is 0. The van der Waals surface area contributed by atoms with Crippen molar-refractivity contribution in [2.24, 2.45) is 5.73 Å². The normalized spacial score (nSPS) is 11.7. The Morgan fingerprint density at radius 1 is 1.75 bits per heavy atom. The summed E-state index contributed by atoms with van der Waals surface area (Å²) in [7, 11) is 0. The summed E-state index contributed by atoms with van der Waals surface area (Å²) in [4.78, 5) is 11.2. The van der Waals surface area contributed by atoms with Gasteiger partial charge >= 0.3 is 0 Å². The van der Waals surface area contributed by atoms with Crippen molar-refractivity contribution in [3.05, 3.63) is 12.7 Å². The van der Waals surface area contributed by atoms with Crippen LogP contribution in [0.25, 0.3) is 0 Å². The molecule has 0 saturated heterocycles. The van der Waals surface area contributed by atoms with Crippen molar-refractivity contribution >= 4 is 5.78 Å². The highest BCUT2D eigenvalue weighted by molar-refractivity contribution is 5.83. The van der Waals surface area contributed by atoms with E-state index in [9.17, 15) is 4.79 Å². The molecular formula is C10H15NO. The average Bonchev–Trinajstić information content (AvgIpc) is 2.05. The molecule has 2 N–H and O–H groups in total. The lowest BCUT2D eigenvalue weighted by Crippen LogP contribution is -2.29. The van der Waals surface area contributed by atoms with Crippen LogP contribution in [0.5, 0.6) is 0 Å². The van der Waals surface area contributed by atoms with Gasteiger partial charge in [0.05, 0.1) is 6.04 Å². The first-order chi connectivity index (χ1) is 5.72. The molecule has 0 fully saturated rings. The lowest BCUT2D eigenvalue weighted by Gasteiger charge is -2.05. The molecule has 0 amide bonds. The largest absolute Gasteiger partial charge is 0.321 e. The van der Waals surface area contributed by atoms with Crippen LogP contribution in [0.2, 0.25) is 0 Å². The molecular weight excluding hydrogens is 150 g/mol. The first-order valence-corrected chi connectivity index (χ1v) is 4.05. The number of rotatable bonds is 6. The Labute approximate surface area is 73.8 Å². The summed E-state index contributed by atoms with van der Waals surface area (Å²) in [6.45, 7) is 3.51. The van der Waals surface area contributed by atoms with Crippen LogP contribution in [0.1, 0.15) is 25.7 Å². The summed E-state index contributed by atoms with van der Waals surface area (Å²) < 4.78 is 0. The summed E-state index contributed by atoms with van der Waals surface area (Å²) >= 11 is 0. The van der Waals surface area contributed by atoms with Crippen molar-refractivity contribution in [2.45, 2.75) is 31.7 Å². The molecule has 0 radical (unpaired) electrons. The minimum Gasteiger partial charge on any atom is -0.321 e. The van der Waals surface area contributed by atoms with Crippen LogP contribution in [-0.4, -0.2) is 11.8 Å². The van der Waals surface area contributed by atoms with Gasteiger partial charge in [0.25, 0.3) is 0 Å². The molecule has 0 aliphatic heterocycles. The van der Waals surface area contributed by atoms with E-state index in [0.29, 0.717) is 19.3 Å². The van der Waals surface area contributed by atoms with E-state index in [2.05, 4.69) is 12.5 Å². The molecule has 0 heterocycles. The molecule has 0 aliphatic rings. The third-order valence-corrected chi connectivity index (χ3v) is 1.58. The Hall–Kier alpha value is -1.07. The van der Waals surface area contributed by atoms with Crippen molar-refractivity contribution in [3.63, 3.8) is 0 Å². The fourth-order valence-electron chi connectivity index (χ4n) is 0.861. The fourth-order valence-corrected chi connectivity index (χ4v) is 0.861. The van der Waals surface area contributed by atoms with E-state index in [1.807, 2.05) is 0 Å². The van der Waals surface area contributed by atoms with Gasteiger partial charge in [-0.1, -0.05) is 6.08 Å². The molecule has 0 aromatic rings. The van der Waals surface area contributed by atoms with E-state index in [4.69, 9.17) is 12.2 Å². The molecule has 66 valence electrons. The molecule has 1 atom stereocenters. The Balaban J connectivity index is 3.58. The molecule has 2 heteroatoms. The Kier molecular flexibility index (Phi) is 6.04. The van der Waals surface area contributed by atoms with Crippen LogP contribution in [-0.2, 0) is 4.79 Å². The summed E-state index contributed by atoms with van der Waals surface area (Å²) in [6, 6.07) is -0.389. The van der Waals surface area contributed by atoms with Crippen molar-refractivity contribution in [1.82, 2.24) is 0 Å². The van der Waals surface area contributed by atoms with E-state index in [1.54, 1.807) is 6.08 Å². The molecule has 0 rings (SSSR count). The first kappa shape index (κ1) is 10.9. The van der Waals surface area contributed by atoms with Crippen molar-refractivity contribution < 1.29 is 4.79 Å². The zero-order chi connectivity index (χ0) is 9.40. The van der Waals surface area contributed by atoms with Crippen LogP contribution >= 0.6 is 0 Å². The highest BCUT2D eigenvalue weighted by Crippen LogP contribution is 2.00. The van der Waals surface area contributed by atoms with E-state index in [0.717, 1.165) is 6.42 Å². The monoisotopic (exact) mass is 165 g/mol. The lowest BCUT2D eigenvalue weighted by atomic mass is 10.0. The number of carbonyl (C=O) groups is 1. The third kappa shape index (κ3) is 4.70. The van der Waals surface area contributed by atoms with Gasteiger partial charge in [-0.2, -0.15) is 0 Å². The molecule has 0 aromatic carbocycles. The standard InChI is InChI=1S/C10H15NO/c1-3-5-6-8-10(12)9(11)7-4-2/h1,4,9H,2,5-8,11H2. The summed E-state index contributed by atoms with van der Waals surface area (Å²) in [5.74, 6) is 2.56. The minimum absolute atomic E-state index is 0.0742. The van der Waals surface area contributed by atoms with Gasteiger partial charge in [0.15, 0.2) is 0 Å². The summed E-state index contributed by atoms with van der Waals surface area (Å²) in [6.07, 6.45) is 9.11. The van der Waals surface area contributed by atoms with Gasteiger partial charge in [-0.05, 0) is 12.8 Å². The maximum atomic E-state index is 11.2. The third-order valence-electron chi connectivity index (χ3n) is 1.58.